The van der Waals surface area contributed by atoms with E-state index >= 15 is 0 Å². The summed E-state index contributed by atoms with van der Waals surface area (Å²) >= 11 is 3.12. The summed E-state index contributed by atoms with van der Waals surface area (Å²) in [7, 11) is 0. The van der Waals surface area contributed by atoms with Gasteiger partial charge in [0.25, 0.3) is 0 Å². The molecule has 1 aromatic rings. The molecular weight excluding hydrogens is 263 g/mol. The first-order chi connectivity index (χ1) is 5.33. The predicted molar refractivity (Wildman–Crippen MR) is 48.9 cm³/mol. The lowest BCUT2D eigenvalue weighted by Crippen LogP contribution is -1.88. The highest BCUT2D eigenvalue weighted by Gasteiger charge is 1.93. The Balaban J connectivity index is 2.52. The van der Waals surface area contributed by atoms with E-state index in [0.29, 0.717) is 6.01 Å². The van der Waals surface area contributed by atoms with E-state index in [9.17, 15) is 0 Å². The monoisotopic (exact) mass is 270 g/mol. The van der Waals surface area contributed by atoms with Crippen LogP contribution >= 0.6 is 34.6 Å². The largest absolute Gasteiger partial charge is 0.389 e. The van der Waals surface area contributed by atoms with Crippen molar-refractivity contribution in [3.8, 4) is 6.01 Å². The van der Waals surface area contributed by atoms with Crippen molar-refractivity contribution in [3.05, 3.63) is 16.0 Å². The number of rotatable bonds is 2. The Hall–Kier alpha value is -0.0400. The number of halogens is 1. The average molecular weight is 270 g/mol. The molecule has 0 saturated carbocycles. The molecular formula is C5H5IN2OS. The molecule has 0 fully saturated rings. The van der Waals surface area contributed by atoms with Crippen LogP contribution in [0.5, 0.6) is 6.01 Å². The molecule has 0 bridgehead atoms. The lowest BCUT2D eigenvalue weighted by atomic mass is 10.7. The van der Waals surface area contributed by atoms with Crippen molar-refractivity contribution in [2.75, 3.05) is 6.23 Å². The van der Waals surface area contributed by atoms with Crippen molar-refractivity contribution < 1.29 is 5.55 Å². The number of aromatic nitrogens is 2. The molecule has 0 aliphatic carbocycles. The first-order valence-electron chi connectivity index (χ1n) is 3.10. The maximum atomic E-state index is 6.78. The van der Waals surface area contributed by atoms with E-state index in [4.69, 9.17) is 5.55 Å². The number of hydrogen-bond donors (Lipinski definition) is 0. The zero-order valence-electron chi connectivity index (χ0n) is 5.95. The molecule has 1 heterocycles. The third-order valence-electron chi connectivity index (χ3n) is 0.730. The highest BCUT2D eigenvalue weighted by molar-refractivity contribution is 14.1. The van der Waals surface area contributed by atoms with E-state index in [1.165, 1.54) is 0 Å². The molecule has 5 heteroatoms. The molecule has 0 saturated heterocycles. The fraction of sp³-hybridized carbons (Fsp3) is 0.200. The molecule has 0 unspecified atom stereocenters. The van der Waals surface area contributed by atoms with E-state index in [-0.39, 0.29) is 6.23 Å². The molecule has 0 radical (unpaired) electrons. The van der Waals surface area contributed by atoms with Gasteiger partial charge in [0.2, 0.25) is 0 Å². The van der Waals surface area contributed by atoms with Gasteiger partial charge in [-0.2, -0.15) is 0 Å². The third kappa shape index (κ3) is 2.30. The molecule has 1 aromatic heterocycles. The predicted octanol–water partition coefficient (Wildman–Crippen LogP) is 1.74. The van der Waals surface area contributed by atoms with Gasteiger partial charge in [-0.1, -0.05) is 0 Å². The van der Waals surface area contributed by atoms with Crippen LogP contribution in [0.25, 0.3) is 0 Å². The summed E-state index contributed by atoms with van der Waals surface area (Å²) in [5.74, 6) is 0. The van der Waals surface area contributed by atoms with Crippen LogP contribution < -0.4 is 4.18 Å². The summed E-state index contributed by atoms with van der Waals surface area (Å²) in [5, 5.41) is 0. The van der Waals surface area contributed by atoms with Crippen molar-refractivity contribution in [3.63, 3.8) is 0 Å². The van der Waals surface area contributed by atoms with Crippen LogP contribution in [0.3, 0.4) is 0 Å². The molecule has 3 nitrogen and oxygen atoms in total. The molecule has 1 rings (SSSR count). The standard InChI is InChI=1S/C5H5IN2OS/c1-10-9-5-7-2-4(6)3-8-5/h2-3H,1H3/i1T. The summed E-state index contributed by atoms with van der Waals surface area (Å²) in [6.45, 7) is 0. The topological polar surface area (TPSA) is 35.0 Å². The lowest BCUT2D eigenvalue weighted by molar-refractivity contribution is 0.586. The zero-order chi connectivity index (χ0) is 8.10. The summed E-state index contributed by atoms with van der Waals surface area (Å²) in [4.78, 5) is 7.74. The smallest absolute Gasteiger partial charge is 0.328 e. The second kappa shape index (κ2) is 3.97. The van der Waals surface area contributed by atoms with Gasteiger partial charge in [0, 0.05) is 23.6 Å². The van der Waals surface area contributed by atoms with Gasteiger partial charge in [0.05, 0.1) is 12.0 Å². The highest BCUT2D eigenvalue weighted by Crippen LogP contribution is 2.07. The van der Waals surface area contributed by atoms with Crippen LogP contribution in [-0.2, 0) is 0 Å². The molecule has 0 aromatic carbocycles. The SMILES string of the molecule is [3H]CSOc1ncc(I)cn1. The quantitative estimate of drug-likeness (QED) is 0.605. The molecule has 0 N–H and O–H groups in total. The van der Waals surface area contributed by atoms with Crippen molar-refractivity contribution in [1.82, 2.24) is 9.97 Å². The maximum absolute atomic E-state index is 6.78. The van der Waals surface area contributed by atoms with Crippen LogP contribution in [0, 0.1) is 3.57 Å². The highest BCUT2D eigenvalue weighted by atomic mass is 127. The molecule has 0 aliphatic heterocycles. The fourth-order valence-corrected chi connectivity index (χ4v) is 0.866. The Labute approximate surface area is 78.3 Å². The van der Waals surface area contributed by atoms with Gasteiger partial charge in [-0.3, -0.25) is 0 Å². The van der Waals surface area contributed by atoms with E-state index in [2.05, 4.69) is 32.6 Å². The van der Waals surface area contributed by atoms with Gasteiger partial charge in [-0.05, 0) is 22.6 Å². The summed E-state index contributed by atoms with van der Waals surface area (Å²) < 4.78 is 12.7. The van der Waals surface area contributed by atoms with E-state index < -0.39 is 0 Å². The van der Waals surface area contributed by atoms with Crippen LogP contribution in [0.1, 0.15) is 1.37 Å². The summed E-state index contributed by atoms with van der Waals surface area (Å²) in [6.07, 6.45) is 3.47. The van der Waals surface area contributed by atoms with Crippen LogP contribution in [0.2, 0.25) is 0 Å². The van der Waals surface area contributed by atoms with Gasteiger partial charge in [0.15, 0.2) is 0 Å². The van der Waals surface area contributed by atoms with Crippen LogP contribution in [0.4, 0.5) is 0 Å². The normalized spacial score (nSPS) is 10.7. The van der Waals surface area contributed by atoms with E-state index in [1.807, 2.05) is 0 Å². The first-order valence-corrected chi connectivity index (χ1v) is 4.38. The second-order valence-corrected chi connectivity index (χ2v) is 3.03. The van der Waals surface area contributed by atoms with Gasteiger partial charge < -0.3 is 4.18 Å². The average Bonchev–Trinajstić information content (AvgIpc) is 2.04. The Morgan fingerprint density at radius 3 is 3.00 bits per heavy atom. The Morgan fingerprint density at radius 1 is 1.70 bits per heavy atom. The molecule has 10 heavy (non-hydrogen) atoms. The lowest BCUT2D eigenvalue weighted by Gasteiger charge is -1.95. The minimum atomic E-state index is 0.148. The fourth-order valence-electron chi connectivity index (χ4n) is 0.396. The minimum Gasteiger partial charge on any atom is -0.389 e. The van der Waals surface area contributed by atoms with Gasteiger partial charge in [-0.15, -0.1) is 0 Å². The molecule has 0 spiro atoms. The second-order valence-electron chi connectivity index (χ2n) is 1.39. The molecule has 0 atom stereocenters. The van der Waals surface area contributed by atoms with Crippen molar-refractivity contribution in [1.29, 1.82) is 0 Å². The van der Waals surface area contributed by atoms with E-state index in [0.717, 1.165) is 15.6 Å². The van der Waals surface area contributed by atoms with Crippen LogP contribution in [0.15, 0.2) is 12.4 Å². The van der Waals surface area contributed by atoms with Gasteiger partial charge >= 0.3 is 6.01 Å². The molecule has 0 aliphatic rings. The summed E-state index contributed by atoms with van der Waals surface area (Å²) in [5.41, 5.74) is 0. The van der Waals surface area contributed by atoms with Gasteiger partial charge in [-0.25, -0.2) is 9.97 Å². The zero-order valence-corrected chi connectivity index (χ0v) is 7.92. The van der Waals surface area contributed by atoms with E-state index in [1.54, 1.807) is 12.4 Å². The Morgan fingerprint density at radius 2 is 2.40 bits per heavy atom. The Kier molecular flexibility index (Phi) is 2.64. The van der Waals surface area contributed by atoms with Crippen molar-refractivity contribution in [2.45, 2.75) is 0 Å². The Bertz CT molecular complexity index is 220. The van der Waals surface area contributed by atoms with Gasteiger partial charge in [0.1, 0.15) is 0 Å². The molecule has 54 valence electrons. The van der Waals surface area contributed by atoms with Crippen molar-refractivity contribution >= 4 is 34.6 Å². The minimum absolute atomic E-state index is 0.148. The number of hydrogen-bond acceptors (Lipinski definition) is 4. The van der Waals surface area contributed by atoms with Crippen molar-refractivity contribution in [2.24, 2.45) is 0 Å². The molecule has 0 amide bonds. The maximum Gasteiger partial charge on any atom is 0.328 e. The third-order valence-corrected chi connectivity index (χ3v) is 1.55. The van der Waals surface area contributed by atoms with Crippen LogP contribution in [-0.4, -0.2) is 16.2 Å². The first kappa shape index (κ1) is 6.66. The number of nitrogens with zero attached hydrogens (tertiary/aromatic N) is 2. The summed E-state index contributed by atoms with van der Waals surface area (Å²) in [6, 6.07) is 0.308.